The maximum Gasteiger partial charge on any atom is 0.331 e. The van der Waals surface area contributed by atoms with Gasteiger partial charge in [-0.15, -0.1) is 0 Å². The molecule has 0 aromatic heterocycles. The Labute approximate surface area is 145 Å². The predicted molar refractivity (Wildman–Crippen MR) is 88.0 cm³/mol. The van der Waals surface area contributed by atoms with Gasteiger partial charge in [-0.1, -0.05) is 17.7 Å². The highest BCUT2D eigenvalue weighted by atomic mass is 35.5. The average molecular weight is 356 g/mol. The van der Waals surface area contributed by atoms with Crippen molar-refractivity contribution in [2.45, 2.75) is 26.1 Å². The number of benzene rings is 1. The average Bonchev–Trinajstić information content (AvgIpc) is 2.51. The lowest BCUT2D eigenvalue weighted by Crippen LogP contribution is -2.49. The molecule has 2 rings (SSSR count). The van der Waals surface area contributed by atoms with Crippen molar-refractivity contribution in [1.29, 1.82) is 0 Å². The Balaban J connectivity index is 1.87. The summed E-state index contributed by atoms with van der Waals surface area (Å²) in [6.07, 6.45) is 2.15. The highest BCUT2D eigenvalue weighted by molar-refractivity contribution is 6.32. The Morgan fingerprint density at radius 2 is 2.04 bits per heavy atom. The number of ether oxygens (including phenoxy) is 2. The van der Waals surface area contributed by atoms with Crippen LogP contribution in [0.5, 0.6) is 0 Å². The first-order valence-electron chi connectivity index (χ1n) is 7.59. The van der Waals surface area contributed by atoms with Crippen molar-refractivity contribution < 1.29 is 23.5 Å². The van der Waals surface area contributed by atoms with Crippen molar-refractivity contribution in [1.82, 2.24) is 4.90 Å². The van der Waals surface area contributed by atoms with E-state index in [9.17, 15) is 14.0 Å². The number of hydrogen-bond donors (Lipinski definition) is 0. The van der Waals surface area contributed by atoms with E-state index in [0.717, 1.165) is 6.08 Å². The molecule has 130 valence electrons. The maximum atomic E-state index is 13.6. The van der Waals surface area contributed by atoms with Gasteiger partial charge in [0.1, 0.15) is 5.82 Å². The first-order valence-corrected chi connectivity index (χ1v) is 7.96. The second-order valence-corrected chi connectivity index (χ2v) is 6.04. The van der Waals surface area contributed by atoms with E-state index >= 15 is 0 Å². The van der Waals surface area contributed by atoms with Gasteiger partial charge in [0, 0.05) is 24.7 Å². The minimum absolute atomic E-state index is 0.0588. The van der Waals surface area contributed by atoms with Crippen LogP contribution in [0, 0.1) is 5.82 Å². The van der Waals surface area contributed by atoms with Gasteiger partial charge in [-0.25, -0.2) is 9.18 Å². The lowest BCUT2D eigenvalue weighted by molar-refractivity contribution is -0.154. The zero-order valence-electron chi connectivity index (χ0n) is 13.5. The molecule has 7 heteroatoms. The number of rotatable bonds is 4. The normalized spacial score (nSPS) is 21.1. The fraction of sp³-hybridized carbons (Fsp3) is 0.412. The number of carbonyl (C=O) groups is 2. The predicted octanol–water partition coefficient (Wildman–Crippen LogP) is 2.67. The van der Waals surface area contributed by atoms with Gasteiger partial charge in [0.2, 0.25) is 0 Å². The van der Waals surface area contributed by atoms with Gasteiger partial charge >= 0.3 is 5.97 Å². The number of halogens is 2. The fourth-order valence-electron chi connectivity index (χ4n) is 2.48. The number of amides is 1. The number of hydrogen-bond acceptors (Lipinski definition) is 4. The van der Waals surface area contributed by atoms with Crippen molar-refractivity contribution in [2.75, 3.05) is 19.7 Å². The largest absolute Gasteiger partial charge is 0.452 e. The molecule has 1 aliphatic heterocycles. The molecule has 0 unspecified atom stereocenters. The van der Waals surface area contributed by atoms with Crippen molar-refractivity contribution in [3.8, 4) is 0 Å². The van der Waals surface area contributed by atoms with Gasteiger partial charge in [0.15, 0.2) is 6.61 Å². The summed E-state index contributed by atoms with van der Waals surface area (Å²) in [7, 11) is 0. The summed E-state index contributed by atoms with van der Waals surface area (Å²) < 4.78 is 24.0. The summed E-state index contributed by atoms with van der Waals surface area (Å²) >= 11 is 5.85. The van der Waals surface area contributed by atoms with Gasteiger partial charge < -0.3 is 14.4 Å². The van der Waals surface area contributed by atoms with Crippen LogP contribution in [0.1, 0.15) is 19.4 Å². The summed E-state index contributed by atoms with van der Waals surface area (Å²) in [5, 5.41) is 0.186. The van der Waals surface area contributed by atoms with Crippen LogP contribution in [-0.2, 0) is 19.1 Å². The number of morpholine rings is 1. The molecular formula is C17H19ClFNO4. The molecule has 5 nitrogen and oxygen atoms in total. The van der Waals surface area contributed by atoms with Crippen LogP contribution in [0.15, 0.2) is 24.3 Å². The lowest BCUT2D eigenvalue weighted by atomic mass is 10.2. The molecule has 1 aromatic rings. The van der Waals surface area contributed by atoms with Crippen LogP contribution < -0.4 is 0 Å². The maximum absolute atomic E-state index is 13.6. The highest BCUT2D eigenvalue weighted by Crippen LogP contribution is 2.20. The molecule has 1 heterocycles. The van der Waals surface area contributed by atoms with Gasteiger partial charge in [-0.3, -0.25) is 4.79 Å². The third-order valence-electron chi connectivity index (χ3n) is 3.50. The highest BCUT2D eigenvalue weighted by Gasteiger charge is 2.26. The lowest BCUT2D eigenvalue weighted by Gasteiger charge is -2.35. The first kappa shape index (κ1) is 18.4. The number of esters is 1. The number of carbonyl (C=O) groups excluding carboxylic acids is 2. The molecule has 2 atom stereocenters. The van der Waals surface area contributed by atoms with Crippen molar-refractivity contribution in [2.24, 2.45) is 0 Å². The van der Waals surface area contributed by atoms with E-state index in [4.69, 9.17) is 21.1 Å². The zero-order chi connectivity index (χ0) is 17.7. The van der Waals surface area contributed by atoms with Crippen LogP contribution in [-0.4, -0.2) is 48.7 Å². The molecule has 1 fully saturated rings. The molecule has 0 spiro atoms. The summed E-state index contributed by atoms with van der Waals surface area (Å²) in [6, 6.07) is 4.22. The molecule has 1 amide bonds. The summed E-state index contributed by atoms with van der Waals surface area (Å²) in [6.45, 7) is 4.31. The van der Waals surface area contributed by atoms with Gasteiger partial charge in [-0.2, -0.15) is 0 Å². The second-order valence-electron chi connectivity index (χ2n) is 5.63. The van der Waals surface area contributed by atoms with Gasteiger partial charge in [0.25, 0.3) is 5.91 Å². The molecule has 1 aromatic carbocycles. The van der Waals surface area contributed by atoms with Crippen LogP contribution in [0.3, 0.4) is 0 Å². The van der Waals surface area contributed by atoms with E-state index in [1.807, 2.05) is 13.8 Å². The summed E-state index contributed by atoms with van der Waals surface area (Å²) in [5.74, 6) is -1.57. The number of nitrogens with zero attached hydrogens (tertiary/aromatic N) is 1. The Morgan fingerprint density at radius 1 is 1.38 bits per heavy atom. The monoisotopic (exact) mass is 355 g/mol. The van der Waals surface area contributed by atoms with Crippen LogP contribution >= 0.6 is 11.6 Å². The van der Waals surface area contributed by atoms with E-state index in [-0.39, 0.29) is 35.3 Å². The minimum atomic E-state index is -0.739. The van der Waals surface area contributed by atoms with Crippen LogP contribution in [0.25, 0.3) is 6.08 Å². The topological polar surface area (TPSA) is 55.8 Å². The fourth-order valence-corrected chi connectivity index (χ4v) is 2.70. The van der Waals surface area contributed by atoms with Gasteiger partial charge in [-0.05, 0) is 32.1 Å². The van der Waals surface area contributed by atoms with Crippen molar-refractivity contribution >= 4 is 29.6 Å². The third kappa shape index (κ3) is 5.04. The molecule has 1 saturated heterocycles. The molecule has 0 aliphatic carbocycles. The molecule has 0 saturated carbocycles. The first-order chi connectivity index (χ1) is 11.4. The van der Waals surface area contributed by atoms with E-state index < -0.39 is 11.8 Å². The molecule has 0 radical (unpaired) electrons. The summed E-state index contributed by atoms with van der Waals surface area (Å²) in [4.78, 5) is 25.3. The molecule has 0 bridgehead atoms. The Hall–Kier alpha value is -1.92. The second kappa shape index (κ2) is 8.26. The molecular weight excluding hydrogens is 337 g/mol. The minimum Gasteiger partial charge on any atom is -0.452 e. The smallest absolute Gasteiger partial charge is 0.331 e. The van der Waals surface area contributed by atoms with E-state index in [2.05, 4.69) is 0 Å². The third-order valence-corrected chi connectivity index (χ3v) is 3.83. The summed E-state index contributed by atoms with van der Waals surface area (Å²) in [5.41, 5.74) is 0.0956. The molecule has 0 N–H and O–H groups in total. The van der Waals surface area contributed by atoms with Crippen molar-refractivity contribution in [3.05, 3.63) is 40.7 Å². The molecule has 24 heavy (non-hydrogen) atoms. The zero-order valence-corrected chi connectivity index (χ0v) is 14.3. The van der Waals surface area contributed by atoms with Crippen LogP contribution in [0.2, 0.25) is 5.02 Å². The quantitative estimate of drug-likeness (QED) is 0.615. The SMILES string of the molecule is C[C@@H]1CN(C(=O)COC(=O)/C=C/c2c(F)cccc2Cl)C[C@H](C)O1. The van der Waals surface area contributed by atoms with Gasteiger partial charge in [0.05, 0.1) is 17.2 Å². The van der Waals surface area contributed by atoms with E-state index in [1.165, 1.54) is 24.3 Å². The Morgan fingerprint density at radius 3 is 2.67 bits per heavy atom. The van der Waals surface area contributed by atoms with Crippen molar-refractivity contribution in [3.63, 3.8) is 0 Å². The Bertz CT molecular complexity index is 619. The molecule has 1 aliphatic rings. The standard InChI is InChI=1S/C17H19ClFNO4/c1-11-8-20(9-12(2)24-11)16(21)10-23-17(22)7-6-13-14(18)4-3-5-15(13)19/h3-7,11-12H,8-10H2,1-2H3/b7-6+/t11-,12+. The van der Waals surface area contributed by atoms with E-state index in [1.54, 1.807) is 4.90 Å². The van der Waals surface area contributed by atoms with E-state index in [0.29, 0.717) is 13.1 Å². The van der Waals surface area contributed by atoms with Crippen LogP contribution in [0.4, 0.5) is 4.39 Å². The Kier molecular flexibility index (Phi) is 6.34.